The standard InChI is InChI=1S/C54H92O6/c1-4-7-10-13-16-19-22-24-26-28-29-32-35-38-41-44-47-53(56)59-50-51(49-58-52(55)46-43-40-37-34-31-21-18-15-12-9-6-3)60-54(57)48-45-42-39-36-33-30-27-25-23-20-17-14-11-8-5-2/h8,11,15,17-18,20,25,27,33,36,42,45,51H,4-7,9-10,12-14,16,19,21-24,26,28-32,34-35,37-41,43-44,46-50H2,1-3H3/b11-8-,18-15-,20-17-,27-25-,36-33-,45-42-. The highest BCUT2D eigenvalue weighted by molar-refractivity contribution is 5.72. The first-order valence-corrected chi connectivity index (χ1v) is 24.9. The van der Waals surface area contributed by atoms with Gasteiger partial charge in [-0.15, -0.1) is 0 Å². The number of ether oxygens (including phenoxy) is 3. The Morgan fingerprint density at radius 2 is 0.717 bits per heavy atom. The zero-order chi connectivity index (χ0) is 43.7. The van der Waals surface area contributed by atoms with E-state index in [2.05, 4.69) is 81.5 Å². The van der Waals surface area contributed by atoms with Crippen LogP contribution in [0.3, 0.4) is 0 Å². The van der Waals surface area contributed by atoms with Crippen LogP contribution < -0.4 is 0 Å². The summed E-state index contributed by atoms with van der Waals surface area (Å²) in [6.07, 6.45) is 60.5. The van der Waals surface area contributed by atoms with E-state index in [1.807, 2.05) is 6.08 Å². The van der Waals surface area contributed by atoms with Crippen molar-refractivity contribution in [1.29, 1.82) is 0 Å². The second kappa shape index (κ2) is 48.5. The predicted molar refractivity (Wildman–Crippen MR) is 256 cm³/mol. The summed E-state index contributed by atoms with van der Waals surface area (Å²) >= 11 is 0. The molecule has 6 heteroatoms. The Labute approximate surface area is 370 Å². The summed E-state index contributed by atoms with van der Waals surface area (Å²) in [5.41, 5.74) is 0. The van der Waals surface area contributed by atoms with Gasteiger partial charge in [0.25, 0.3) is 0 Å². The molecule has 0 aliphatic carbocycles. The summed E-state index contributed by atoms with van der Waals surface area (Å²) in [5.74, 6) is -1.05. The molecule has 0 radical (unpaired) electrons. The van der Waals surface area contributed by atoms with Crippen LogP contribution >= 0.6 is 0 Å². The maximum absolute atomic E-state index is 12.7. The monoisotopic (exact) mass is 837 g/mol. The number of allylic oxidation sites excluding steroid dienone is 11. The Morgan fingerprint density at radius 3 is 1.13 bits per heavy atom. The molecule has 0 spiro atoms. The Bertz CT molecular complexity index is 1140. The van der Waals surface area contributed by atoms with E-state index in [1.165, 1.54) is 109 Å². The van der Waals surface area contributed by atoms with Gasteiger partial charge in [-0.2, -0.15) is 0 Å². The first-order chi connectivity index (χ1) is 29.5. The van der Waals surface area contributed by atoms with E-state index >= 15 is 0 Å². The second-order valence-electron chi connectivity index (χ2n) is 16.4. The van der Waals surface area contributed by atoms with Crippen LogP contribution in [0.4, 0.5) is 0 Å². The third-order valence-corrected chi connectivity index (χ3v) is 10.5. The molecule has 0 N–H and O–H groups in total. The maximum Gasteiger partial charge on any atom is 0.310 e. The van der Waals surface area contributed by atoms with Crippen LogP contribution in [0.5, 0.6) is 0 Å². The van der Waals surface area contributed by atoms with Gasteiger partial charge in [-0.05, 0) is 64.2 Å². The van der Waals surface area contributed by atoms with Gasteiger partial charge in [-0.1, -0.05) is 222 Å². The molecule has 0 aromatic heterocycles. The molecule has 1 atom stereocenters. The minimum absolute atomic E-state index is 0.0969. The predicted octanol–water partition coefficient (Wildman–Crippen LogP) is 16.3. The second-order valence-corrected chi connectivity index (χ2v) is 16.4. The normalized spacial score (nSPS) is 12.7. The van der Waals surface area contributed by atoms with E-state index in [1.54, 1.807) is 6.08 Å². The lowest BCUT2D eigenvalue weighted by Gasteiger charge is -2.18. The number of carbonyl (C=O) groups excluding carboxylic acids is 3. The van der Waals surface area contributed by atoms with E-state index in [9.17, 15) is 14.4 Å². The van der Waals surface area contributed by atoms with Crippen molar-refractivity contribution in [2.75, 3.05) is 13.2 Å². The molecular formula is C54H92O6. The highest BCUT2D eigenvalue weighted by Crippen LogP contribution is 2.15. The van der Waals surface area contributed by atoms with Gasteiger partial charge in [0.15, 0.2) is 6.10 Å². The fourth-order valence-electron chi connectivity index (χ4n) is 6.73. The maximum atomic E-state index is 12.7. The Morgan fingerprint density at radius 1 is 0.367 bits per heavy atom. The van der Waals surface area contributed by atoms with Crippen LogP contribution in [-0.2, 0) is 28.6 Å². The average Bonchev–Trinajstić information content (AvgIpc) is 3.24. The van der Waals surface area contributed by atoms with Crippen molar-refractivity contribution in [3.05, 3.63) is 72.9 Å². The van der Waals surface area contributed by atoms with Crippen molar-refractivity contribution in [2.45, 2.75) is 239 Å². The third kappa shape index (κ3) is 45.9. The minimum Gasteiger partial charge on any atom is -0.462 e. The third-order valence-electron chi connectivity index (χ3n) is 10.5. The van der Waals surface area contributed by atoms with E-state index < -0.39 is 12.1 Å². The van der Waals surface area contributed by atoms with Crippen molar-refractivity contribution in [2.24, 2.45) is 0 Å². The average molecular weight is 837 g/mol. The van der Waals surface area contributed by atoms with E-state index in [-0.39, 0.29) is 31.6 Å². The van der Waals surface area contributed by atoms with Crippen molar-refractivity contribution in [1.82, 2.24) is 0 Å². The van der Waals surface area contributed by atoms with Crippen LogP contribution in [0.1, 0.15) is 233 Å². The number of rotatable bonds is 44. The van der Waals surface area contributed by atoms with Crippen LogP contribution in [-0.4, -0.2) is 37.2 Å². The first-order valence-electron chi connectivity index (χ1n) is 24.9. The molecule has 0 saturated heterocycles. The van der Waals surface area contributed by atoms with E-state index in [0.717, 1.165) is 83.5 Å². The zero-order valence-electron chi connectivity index (χ0n) is 39.2. The van der Waals surface area contributed by atoms with Gasteiger partial charge in [0.1, 0.15) is 13.2 Å². The van der Waals surface area contributed by atoms with Crippen molar-refractivity contribution < 1.29 is 28.6 Å². The number of hydrogen-bond acceptors (Lipinski definition) is 6. The summed E-state index contributed by atoms with van der Waals surface area (Å²) in [6.45, 7) is 6.39. The molecule has 0 heterocycles. The molecule has 0 amide bonds. The number of unbranched alkanes of at least 4 members (excludes halogenated alkanes) is 22. The lowest BCUT2D eigenvalue weighted by Crippen LogP contribution is -2.30. The molecule has 1 unspecified atom stereocenters. The van der Waals surface area contributed by atoms with Crippen molar-refractivity contribution in [3.8, 4) is 0 Å². The van der Waals surface area contributed by atoms with Crippen LogP contribution in [0.25, 0.3) is 0 Å². The highest BCUT2D eigenvalue weighted by atomic mass is 16.6. The summed E-state index contributed by atoms with van der Waals surface area (Å²) < 4.78 is 16.6. The Balaban J connectivity index is 4.48. The Kier molecular flexibility index (Phi) is 46.0. The molecule has 0 saturated carbocycles. The molecule has 6 nitrogen and oxygen atoms in total. The number of hydrogen-bond donors (Lipinski definition) is 0. The molecular weight excluding hydrogens is 745 g/mol. The largest absolute Gasteiger partial charge is 0.462 e. The molecule has 344 valence electrons. The number of carbonyl (C=O) groups is 3. The van der Waals surface area contributed by atoms with Gasteiger partial charge in [-0.25, -0.2) is 0 Å². The van der Waals surface area contributed by atoms with Crippen LogP contribution in [0, 0.1) is 0 Å². The van der Waals surface area contributed by atoms with Gasteiger partial charge in [0.2, 0.25) is 0 Å². The Hall–Kier alpha value is -3.15. The zero-order valence-corrected chi connectivity index (χ0v) is 39.2. The molecule has 0 fully saturated rings. The fourth-order valence-corrected chi connectivity index (χ4v) is 6.73. The smallest absolute Gasteiger partial charge is 0.310 e. The number of esters is 3. The van der Waals surface area contributed by atoms with Gasteiger partial charge < -0.3 is 14.2 Å². The SMILES string of the molecule is CC/C=C\C/C=C\C/C=C\C/C=C\C/C=C\CC(=O)OC(COC(=O)CCCCCCC/C=C\CCCC)COC(=O)CCCCCCCCCCCCCCCCCC. The van der Waals surface area contributed by atoms with Gasteiger partial charge >= 0.3 is 17.9 Å². The van der Waals surface area contributed by atoms with E-state index in [0.29, 0.717) is 12.8 Å². The minimum atomic E-state index is -0.829. The summed E-state index contributed by atoms with van der Waals surface area (Å²) in [5, 5.41) is 0. The molecule has 0 rings (SSSR count). The lowest BCUT2D eigenvalue weighted by molar-refractivity contribution is -0.166. The molecule has 0 aromatic rings. The van der Waals surface area contributed by atoms with Crippen LogP contribution in [0.2, 0.25) is 0 Å². The fraction of sp³-hybridized carbons (Fsp3) is 0.722. The highest BCUT2D eigenvalue weighted by Gasteiger charge is 2.19. The first kappa shape index (κ1) is 56.9. The van der Waals surface area contributed by atoms with Gasteiger partial charge in [0.05, 0.1) is 6.42 Å². The topological polar surface area (TPSA) is 78.9 Å². The van der Waals surface area contributed by atoms with Crippen molar-refractivity contribution >= 4 is 17.9 Å². The quantitative estimate of drug-likeness (QED) is 0.0263. The molecule has 0 aliphatic rings. The molecule has 0 aliphatic heterocycles. The van der Waals surface area contributed by atoms with Crippen molar-refractivity contribution in [3.63, 3.8) is 0 Å². The lowest BCUT2D eigenvalue weighted by atomic mass is 10.0. The van der Waals surface area contributed by atoms with E-state index in [4.69, 9.17) is 14.2 Å². The summed E-state index contributed by atoms with van der Waals surface area (Å²) in [7, 11) is 0. The summed E-state index contributed by atoms with van der Waals surface area (Å²) in [6, 6.07) is 0. The molecule has 0 bridgehead atoms. The van der Waals surface area contributed by atoms with Crippen LogP contribution in [0.15, 0.2) is 72.9 Å². The van der Waals surface area contributed by atoms with Gasteiger partial charge in [-0.3, -0.25) is 14.4 Å². The molecule has 0 aromatic carbocycles. The molecule has 60 heavy (non-hydrogen) atoms. The van der Waals surface area contributed by atoms with Gasteiger partial charge in [0, 0.05) is 12.8 Å². The summed E-state index contributed by atoms with van der Waals surface area (Å²) in [4.78, 5) is 37.8.